The van der Waals surface area contributed by atoms with Gasteiger partial charge in [0.25, 0.3) is 5.69 Å². The molecule has 0 bridgehead atoms. The molecule has 23 heavy (non-hydrogen) atoms. The van der Waals surface area contributed by atoms with Crippen LogP contribution in [0, 0.1) is 30.9 Å². The zero-order chi connectivity index (χ0) is 17.0. The van der Waals surface area contributed by atoms with Crippen LogP contribution in [-0.4, -0.2) is 16.6 Å². The van der Waals surface area contributed by atoms with E-state index >= 15 is 0 Å². The van der Waals surface area contributed by atoms with Gasteiger partial charge in [0.1, 0.15) is 0 Å². The summed E-state index contributed by atoms with van der Waals surface area (Å²) in [6, 6.07) is 10.6. The Morgan fingerprint density at radius 3 is 2.52 bits per heavy atom. The number of aryl methyl sites for hydroxylation is 3. The van der Waals surface area contributed by atoms with Crippen molar-refractivity contribution >= 4 is 29.0 Å². The number of nitro groups is 1. The van der Waals surface area contributed by atoms with Gasteiger partial charge < -0.3 is 5.32 Å². The SMILES string of the molecule is Cc1ccc(C)c(SCC(=O)Nc2cc([N+](=O)[O-])ccc2C)c1. The lowest BCUT2D eigenvalue weighted by Gasteiger charge is -2.09. The lowest BCUT2D eigenvalue weighted by Crippen LogP contribution is -2.15. The molecule has 0 saturated heterocycles. The van der Waals surface area contributed by atoms with E-state index in [0.717, 1.165) is 21.6 Å². The molecule has 5 nitrogen and oxygen atoms in total. The van der Waals surface area contributed by atoms with Crippen LogP contribution in [0.25, 0.3) is 0 Å². The molecule has 0 aliphatic rings. The smallest absolute Gasteiger partial charge is 0.271 e. The fourth-order valence-electron chi connectivity index (χ4n) is 2.05. The van der Waals surface area contributed by atoms with E-state index < -0.39 is 4.92 Å². The van der Waals surface area contributed by atoms with Gasteiger partial charge in [-0.3, -0.25) is 14.9 Å². The number of nitro benzene ring substituents is 1. The van der Waals surface area contributed by atoms with Crippen molar-refractivity contribution in [3.8, 4) is 0 Å². The van der Waals surface area contributed by atoms with Gasteiger partial charge in [-0.1, -0.05) is 23.8 Å². The molecule has 0 heterocycles. The zero-order valence-corrected chi connectivity index (χ0v) is 14.1. The van der Waals surface area contributed by atoms with E-state index in [4.69, 9.17) is 0 Å². The second-order valence-electron chi connectivity index (χ2n) is 5.36. The molecule has 1 amide bonds. The van der Waals surface area contributed by atoms with E-state index in [1.54, 1.807) is 13.0 Å². The maximum atomic E-state index is 12.1. The van der Waals surface area contributed by atoms with Crippen molar-refractivity contribution in [2.24, 2.45) is 0 Å². The van der Waals surface area contributed by atoms with Crippen LogP contribution in [-0.2, 0) is 4.79 Å². The molecule has 0 fully saturated rings. The second kappa shape index (κ2) is 7.28. The van der Waals surface area contributed by atoms with Crippen molar-refractivity contribution in [1.82, 2.24) is 0 Å². The average Bonchev–Trinajstić information content (AvgIpc) is 2.50. The highest BCUT2D eigenvalue weighted by molar-refractivity contribution is 8.00. The molecule has 2 aromatic carbocycles. The largest absolute Gasteiger partial charge is 0.325 e. The van der Waals surface area contributed by atoms with E-state index in [9.17, 15) is 14.9 Å². The standard InChI is InChI=1S/C17H18N2O3S/c1-11-4-5-13(3)16(8-11)23-10-17(20)18-15-9-14(19(21)22)7-6-12(15)2/h4-9H,10H2,1-3H3,(H,18,20). The molecule has 120 valence electrons. The highest BCUT2D eigenvalue weighted by Crippen LogP contribution is 2.25. The molecule has 0 spiro atoms. The molecule has 0 aliphatic carbocycles. The Bertz CT molecular complexity index is 759. The van der Waals surface area contributed by atoms with Crippen LogP contribution in [0.2, 0.25) is 0 Å². The van der Waals surface area contributed by atoms with Crippen LogP contribution < -0.4 is 5.32 Å². The van der Waals surface area contributed by atoms with E-state index in [1.165, 1.54) is 23.9 Å². The summed E-state index contributed by atoms with van der Waals surface area (Å²) in [5.74, 6) is 0.0754. The summed E-state index contributed by atoms with van der Waals surface area (Å²) in [5.41, 5.74) is 3.51. The Balaban J connectivity index is 2.04. The van der Waals surface area contributed by atoms with Crippen molar-refractivity contribution in [1.29, 1.82) is 0 Å². The Morgan fingerprint density at radius 2 is 1.83 bits per heavy atom. The highest BCUT2D eigenvalue weighted by atomic mass is 32.2. The monoisotopic (exact) mass is 330 g/mol. The van der Waals surface area contributed by atoms with E-state index in [1.807, 2.05) is 32.0 Å². The highest BCUT2D eigenvalue weighted by Gasteiger charge is 2.11. The van der Waals surface area contributed by atoms with Gasteiger partial charge in [-0.2, -0.15) is 0 Å². The van der Waals surface area contributed by atoms with E-state index in [2.05, 4.69) is 5.32 Å². The first-order valence-corrected chi connectivity index (χ1v) is 8.10. The predicted octanol–water partition coefficient (Wildman–Crippen LogP) is 4.25. The summed E-state index contributed by atoms with van der Waals surface area (Å²) in [5, 5.41) is 13.6. The van der Waals surface area contributed by atoms with Crippen LogP contribution in [0.1, 0.15) is 16.7 Å². The summed E-state index contributed by atoms with van der Waals surface area (Å²) in [6.07, 6.45) is 0. The lowest BCUT2D eigenvalue weighted by molar-refractivity contribution is -0.384. The maximum Gasteiger partial charge on any atom is 0.271 e. The summed E-state index contributed by atoms with van der Waals surface area (Å²) in [7, 11) is 0. The van der Waals surface area contributed by atoms with Gasteiger partial charge in [-0.25, -0.2) is 0 Å². The number of nitrogens with zero attached hydrogens (tertiary/aromatic N) is 1. The minimum absolute atomic E-state index is 0.0342. The van der Waals surface area contributed by atoms with Gasteiger partial charge >= 0.3 is 0 Å². The minimum Gasteiger partial charge on any atom is -0.325 e. The number of benzene rings is 2. The van der Waals surface area contributed by atoms with Crippen molar-refractivity contribution in [3.63, 3.8) is 0 Å². The summed E-state index contributed by atoms with van der Waals surface area (Å²) < 4.78 is 0. The Morgan fingerprint density at radius 1 is 1.13 bits per heavy atom. The molecule has 2 aromatic rings. The molecule has 0 radical (unpaired) electrons. The number of rotatable bonds is 5. The maximum absolute atomic E-state index is 12.1. The number of anilines is 1. The number of hydrogen-bond acceptors (Lipinski definition) is 4. The topological polar surface area (TPSA) is 72.2 Å². The molecular weight excluding hydrogens is 312 g/mol. The van der Waals surface area contributed by atoms with Gasteiger partial charge in [-0.05, 0) is 38.0 Å². The molecular formula is C17H18N2O3S. The van der Waals surface area contributed by atoms with Gasteiger partial charge in [0.15, 0.2) is 0 Å². The third-order valence-electron chi connectivity index (χ3n) is 3.41. The van der Waals surface area contributed by atoms with Crippen molar-refractivity contribution in [2.75, 3.05) is 11.1 Å². The lowest BCUT2D eigenvalue weighted by atomic mass is 10.2. The summed E-state index contributed by atoms with van der Waals surface area (Å²) in [4.78, 5) is 23.5. The Hall–Kier alpha value is -2.34. The number of carbonyl (C=O) groups is 1. The normalized spacial score (nSPS) is 10.4. The van der Waals surface area contributed by atoms with Gasteiger partial charge in [0.2, 0.25) is 5.91 Å². The summed E-state index contributed by atoms with van der Waals surface area (Å²) in [6.45, 7) is 5.82. The quantitative estimate of drug-likeness (QED) is 0.505. The minimum atomic E-state index is -0.472. The number of hydrogen-bond donors (Lipinski definition) is 1. The fourth-order valence-corrected chi connectivity index (χ4v) is 2.97. The molecule has 2 rings (SSSR count). The molecule has 0 aliphatic heterocycles. The average molecular weight is 330 g/mol. The fraction of sp³-hybridized carbons (Fsp3) is 0.235. The van der Waals surface area contributed by atoms with E-state index in [-0.39, 0.29) is 17.3 Å². The molecule has 0 aromatic heterocycles. The number of nitrogens with one attached hydrogen (secondary N) is 1. The first-order chi connectivity index (χ1) is 10.9. The molecule has 6 heteroatoms. The number of carbonyl (C=O) groups excluding carboxylic acids is 1. The Labute approximate surface area is 139 Å². The first-order valence-electron chi connectivity index (χ1n) is 7.12. The second-order valence-corrected chi connectivity index (χ2v) is 6.38. The van der Waals surface area contributed by atoms with E-state index in [0.29, 0.717) is 5.69 Å². The predicted molar refractivity (Wildman–Crippen MR) is 93.1 cm³/mol. The number of amides is 1. The molecule has 0 unspecified atom stereocenters. The van der Waals surface area contributed by atoms with Crippen LogP contribution in [0.5, 0.6) is 0 Å². The summed E-state index contributed by atoms with van der Waals surface area (Å²) >= 11 is 1.46. The van der Waals surface area contributed by atoms with Crippen molar-refractivity contribution in [2.45, 2.75) is 25.7 Å². The van der Waals surface area contributed by atoms with Crippen molar-refractivity contribution < 1.29 is 9.72 Å². The van der Waals surface area contributed by atoms with Crippen LogP contribution in [0.15, 0.2) is 41.3 Å². The first kappa shape index (κ1) is 17.0. The Kier molecular flexibility index (Phi) is 5.39. The van der Waals surface area contributed by atoms with Gasteiger partial charge in [0, 0.05) is 17.0 Å². The molecule has 1 N–H and O–H groups in total. The van der Waals surface area contributed by atoms with Crippen molar-refractivity contribution in [3.05, 3.63) is 63.2 Å². The third kappa shape index (κ3) is 4.56. The molecule has 0 atom stereocenters. The van der Waals surface area contributed by atoms with Gasteiger partial charge in [0.05, 0.1) is 16.4 Å². The van der Waals surface area contributed by atoms with Crippen LogP contribution in [0.3, 0.4) is 0 Å². The zero-order valence-electron chi connectivity index (χ0n) is 13.3. The number of thioether (sulfide) groups is 1. The van der Waals surface area contributed by atoms with Crippen LogP contribution in [0.4, 0.5) is 11.4 Å². The number of non-ortho nitro benzene ring substituents is 1. The molecule has 0 saturated carbocycles. The third-order valence-corrected chi connectivity index (χ3v) is 4.57. The van der Waals surface area contributed by atoms with Gasteiger partial charge in [-0.15, -0.1) is 11.8 Å². The van der Waals surface area contributed by atoms with Crippen LogP contribution >= 0.6 is 11.8 Å².